The maximum absolute atomic E-state index is 10.8. The van der Waals surface area contributed by atoms with E-state index in [4.69, 9.17) is 9.11 Å². The quantitative estimate of drug-likeness (QED) is 0.675. The van der Waals surface area contributed by atoms with E-state index in [2.05, 4.69) is 0 Å². The van der Waals surface area contributed by atoms with E-state index in [1.165, 1.54) is 24.3 Å². The molecule has 1 rings (SSSR count). The first-order chi connectivity index (χ1) is 7.59. The van der Waals surface area contributed by atoms with E-state index in [0.717, 1.165) is 7.05 Å². The summed E-state index contributed by atoms with van der Waals surface area (Å²) in [5, 5.41) is 0. The maximum Gasteiger partial charge on any atom is 0.359 e. The second-order valence-corrected chi connectivity index (χ2v) is 5.67. The van der Waals surface area contributed by atoms with Crippen LogP contribution in [0.15, 0.2) is 24.3 Å². The Morgan fingerprint density at radius 2 is 1.53 bits per heavy atom. The van der Waals surface area contributed by atoms with Gasteiger partial charge in [0, 0.05) is 7.05 Å². The van der Waals surface area contributed by atoms with E-state index in [9.17, 15) is 16.8 Å². The highest BCUT2D eigenvalue weighted by Crippen LogP contribution is 2.18. The Bertz CT molecular complexity index is 592. The molecule has 0 aliphatic heterocycles. The van der Waals surface area contributed by atoms with E-state index < -0.39 is 20.6 Å². The molecule has 1 aromatic rings. The fourth-order valence-electron chi connectivity index (χ4n) is 1.02. The predicted molar refractivity (Wildman–Crippen MR) is 61.6 cm³/mol. The molecule has 1 aromatic carbocycles. The van der Waals surface area contributed by atoms with Gasteiger partial charge in [0.25, 0.3) is 0 Å². The molecule has 96 valence electrons. The summed E-state index contributed by atoms with van der Waals surface area (Å²) in [4.78, 5) is 0. The van der Waals surface area contributed by atoms with Crippen molar-refractivity contribution in [3.05, 3.63) is 24.3 Å². The third-order valence-corrected chi connectivity index (χ3v) is 3.22. The Balaban J connectivity index is 2.97. The van der Waals surface area contributed by atoms with Crippen molar-refractivity contribution in [3.63, 3.8) is 0 Å². The van der Waals surface area contributed by atoms with Gasteiger partial charge in [-0.3, -0.25) is 18.1 Å². The van der Waals surface area contributed by atoms with Gasteiger partial charge in [0.05, 0.1) is 11.4 Å². The minimum atomic E-state index is -4.37. The average Bonchev–Trinajstić information content (AvgIpc) is 2.14. The lowest BCUT2D eigenvalue weighted by molar-refractivity contribution is 0.480. The zero-order valence-electron chi connectivity index (χ0n) is 8.60. The number of benzene rings is 1. The monoisotopic (exact) mass is 282 g/mol. The first kappa shape index (κ1) is 13.7. The van der Waals surface area contributed by atoms with Crippen molar-refractivity contribution < 1.29 is 25.9 Å². The van der Waals surface area contributed by atoms with E-state index in [-0.39, 0.29) is 11.4 Å². The molecule has 0 atom stereocenters. The third kappa shape index (κ3) is 4.19. The Kier molecular flexibility index (Phi) is 3.62. The lowest BCUT2D eigenvalue weighted by atomic mass is 10.3. The number of nitrogens with zero attached hydrogens (tertiary/aromatic N) is 1. The highest BCUT2D eigenvalue weighted by Gasteiger charge is 2.14. The molecule has 0 saturated heterocycles. The van der Waals surface area contributed by atoms with Crippen LogP contribution in [0.4, 0.5) is 11.4 Å². The van der Waals surface area contributed by atoms with Crippen molar-refractivity contribution in [1.29, 1.82) is 0 Å². The number of rotatable bonds is 4. The molecule has 8 nitrogen and oxygen atoms in total. The zero-order chi connectivity index (χ0) is 13.3. The lowest BCUT2D eigenvalue weighted by Crippen LogP contribution is -2.25. The summed E-state index contributed by atoms with van der Waals surface area (Å²) in [6.45, 7) is 0. The minimum absolute atomic E-state index is 0.0555. The molecule has 17 heavy (non-hydrogen) atoms. The zero-order valence-corrected chi connectivity index (χ0v) is 10.2. The second kappa shape index (κ2) is 4.49. The van der Waals surface area contributed by atoms with Crippen LogP contribution in [0.1, 0.15) is 0 Å². The van der Waals surface area contributed by atoms with Crippen molar-refractivity contribution in [3.8, 4) is 0 Å². The van der Waals surface area contributed by atoms with Gasteiger partial charge in [-0.1, -0.05) is 0 Å². The van der Waals surface area contributed by atoms with E-state index in [1.807, 2.05) is 0 Å². The van der Waals surface area contributed by atoms with Crippen LogP contribution in [0.25, 0.3) is 0 Å². The van der Waals surface area contributed by atoms with E-state index in [0.29, 0.717) is 4.31 Å². The van der Waals surface area contributed by atoms with Crippen molar-refractivity contribution in [2.24, 2.45) is 0 Å². The first-order valence-electron chi connectivity index (χ1n) is 4.16. The lowest BCUT2D eigenvalue weighted by Gasteiger charge is -2.15. The highest BCUT2D eigenvalue weighted by molar-refractivity contribution is 7.87. The molecular weight excluding hydrogens is 272 g/mol. The first-order valence-corrected chi connectivity index (χ1v) is 7.00. The summed E-state index contributed by atoms with van der Waals surface area (Å²) in [7, 11) is -7.60. The fraction of sp³-hybridized carbons (Fsp3) is 0.143. The highest BCUT2D eigenvalue weighted by atomic mass is 32.2. The molecule has 10 heteroatoms. The van der Waals surface area contributed by atoms with E-state index >= 15 is 0 Å². The molecular formula is C7H10N2O6S2. The molecule has 0 heterocycles. The summed E-state index contributed by atoms with van der Waals surface area (Å²) < 4.78 is 62.1. The van der Waals surface area contributed by atoms with Crippen LogP contribution in [0.5, 0.6) is 0 Å². The minimum Gasteiger partial charge on any atom is -0.269 e. The molecule has 0 saturated carbocycles. The van der Waals surface area contributed by atoms with Crippen LogP contribution < -0.4 is 9.03 Å². The largest absolute Gasteiger partial charge is 0.359 e. The number of nitrogens with one attached hydrogen (secondary N) is 1. The molecule has 0 spiro atoms. The van der Waals surface area contributed by atoms with Gasteiger partial charge < -0.3 is 0 Å². The van der Waals surface area contributed by atoms with Crippen LogP contribution in [0, 0.1) is 0 Å². The van der Waals surface area contributed by atoms with Crippen molar-refractivity contribution in [2.45, 2.75) is 0 Å². The van der Waals surface area contributed by atoms with Gasteiger partial charge in [0.2, 0.25) is 0 Å². The van der Waals surface area contributed by atoms with Gasteiger partial charge >= 0.3 is 20.6 Å². The molecule has 0 fully saturated rings. The van der Waals surface area contributed by atoms with Crippen molar-refractivity contribution in [1.82, 2.24) is 0 Å². The molecule has 0 aromatic heterocycles. The van der Waals surface area contributed by atoms with Gasteiger partial charge in [0.1, 0.15) is 0 Å². The number of hydrogen-bond donors (Lipinski definition) is 3. The number of hydrogen-bond acceptors (Lipinski definition) is 4. The third-order valence-electron chi connectivity index (χ3n) is 1.82. The molecule has 0 aliphatic rings. The summed E-state index contributed by atoms with van der Waals surface area (Å²) in [5.41, 5.74) is 0.188. The molecule has 0 aliphatic carbocycles. The fourth-order valence-corrected chi connectivity index (χ4v) is 1.84. The standard InChI is InChI=1S/C7H10N2O6S2/c1-9(17(13,14)15)7-4-2-6(3-5-7)8-16(10,11)12/h2-5,8H,1H3,(H,10,11,12)(H,13,14,15). The Morgan fingerprint density at radius 1 is 1.06 bits per heavy atom. The molecule has 0 amide bonds. The maximum atomic E-state index is 10.8. The summed E-state index contributed by atoms with van der Waals surface area (Å²) >= 11 is 0. The normalized spacial score (nSPS) is 12.2. The summed E-state index contributed by atoms with van der Waals surface area (Å²) in [6.07, 6.45) is 0. The van der Waals surface area contributed by atoms with Crippen LogP contribution in [0.2, 0.25) is 0 Å². The van der Waals surface area contributed by atoms with Gasteiger partial charge in [-0.15, -0.1) is 0 Å². The van der Waals surface area contributed by atoms with E-state index in [1.54, 1.807) is 4.72 Å². The van der Waals surface area contributed by atoms with Gasteiger partial charge in [-0.25, -0.2) is 0 Å². The van der Waals surface area contributed by atoms with Gasteiger partial charge in [0.15, 0.2) is 0 Å². The van der Waals surface area contributed by atoms with Gasteiger partial charge in [-0.05, 0) is 24.3 Å². The molecule has 0 radical (unpaired) electrons. The Hall–Kier alpha value is -1.36. The van der Waals surface area contributed by atoms with Crippen LogP contribution >= 0.6 is 0 Å². The van der Waals surface area contributed by atoms with Crippen molar-refractivity contribution >= 4 is 32.0 Å². The molecule has 3 N–H and O–H groups in total. The second-order valence-electron chi connectivity index (χ2n) is 3.07. The van der Waals surface area contributed by atoms with Crippen LogP contribution in [0.3, 0.4) is 0 Å². The predicted octanol–water partition coefficient (Wildman–Crippen LogP) is 0.140. The van der Waals surface area contributed by atoms with Gasteiger partial charge in [-0.2, -0.15) is 16.8 Å². The topological polar surface area (TPSA) is 124 Å². The molecule has 0 unspecified atom stereocenters. The summed E-state index contributed by atoms with van der Waals surface area (Å²) in [5.74, 6) is 0. The average molecular weight is 282 g/mol. The molecule has 0 bridgehead atoms. The van der Waals surface area contributed by atoms with Crippen molar-refractivity contribution in [2.75, 3.05) is 16.1 Å². The SMILES string of the molecule is CN(c1ccc(NS(=O)(=O)O)cc1)S(=O)(=O)O. The Morgan fingerprint density at radius 3 is 1.88 bits per heavy atom. The van der Waals surface area contributed by atoms with Crippen LogP contribution in [-0.2, 0) is 20.6 Å². The summed E-state index contributed by atoms with van der Waals surface area (Å²) in [6, 6.07) is 4.96. The number of anilines is 2. The Labute approximate surface area is 98.6 Å². The smallest absolute Gasteiger partial charge is 0.269 e. The van der Waals surface area contributed by atoms with Crippen LogP contribution in [-0.4, -0.2) is 33.0 Å².